The van der Waals surface area contributed by atoms with Gasteiger partial charge in [-0.15, -0.1) is 10.2 Å². The summed E-state index contributed by atoms with van der Waals surface area (Å²) in [4.78, 5) is 0. The summed E-state index contributed by atoms with van der Waals surface area (Å²) in [6.45, 7) is 0. The molecule has 0 bridgehead atoms. The van der Waals surface area contributed by atoms with E-state index in [1.165, 1.54) is 32.1 Å². The second-order valence-corrected chi connectivity index (χ2v) is 5.28. The van der Waals surface area contributed by atoms with Crippen molar-refractivity contribution in [1.82, 2.24) is 14.8 Å². The molecule has 1 fully saturated rings. The summed E-state index contributed by atoms with van der Waals surface area (Å²) in [5.41, 5.74) is 7.44. The average Bonchev–Trinajstić information content (AvgIpc) is 2.98. The van der Waals surface area contributed by atoms with Gasteiger partial charge in [0.15, 0.2) is 5.82 Å². The fourth-order valence-corrected chi connectivity index (χ4v) is 2.92. The lowest BCUT2D eigenvalue weighted by molar-refractivity contribution is 0.343. The van der Waals surface area contributed by atoms with Crippen molar-refractivity contribution >= 4 is 0 Å². The van der Waals surface area contributed by atoms with Crippen LogP contribution in [0.5, 0.6) is 0 Å². The molecule has 4 nitrogen and oxygen atoms in total. The molecule has 0 unspecified atom stereocenters. The van der Waals surface area contributed by atoms with Crippen LogP contribution in [0.15, 0.2) is 36.7 Å². The molecule has 19 heavy (non-hydrogen) atoms. The molecule has 1 aromatic carbocycles. The van der Waals surface area contributed by atoms with Crippen LogP contribution < -0.4 is 5.73 Å². The minimum Gasteiger partial charge on any atom is -0.318 e. The highest BCUT2D eigenvalue weighted by molar-refractivity contribution is 5.24. The summed E-state index contributed by atoms with van der Waals surface area (Å²) in [6, 6.07) is 10.4. The zero-order valence-electron chi connectivity index (χ0n) is 11.1. The first-order valence-electron chi connectivity index (χ1n) is 7.06. The summed E-state index contributed by atoms with van der Waals surface area (Å²) in [5.74, 6) is 0.887. The van der Waals surface area contributed by atoms with Crippen LogP contribution in [0.2, 0.25) is 0 Å². The summed E-state index contributed by atoms with van der Waals surface area (Å²) < 4.78 is 2.19. The van der Waals surface area contributed by atoms with E-state index in [1.54, 1.807) is 0 Å². The van der Waals surface area contributed by atoms with Crippen molar-refractivity contribution in [2.75, 3.05) is 0 Å². The number of benzene rings is 1. The van der Waals surface area contributed by atoms with Crippen LogP contribution in [0.3, 0.4) is 0 Å². The molecule has 1 aromatic heterocycles. The van der Waals surface area contributed by atoms with Gasteiger partial charge < -0.3 is 10.3 Å². The van der Waals surface area contributed by atoms with E-state index < -0.39 is 0 Å². The van der Waals surface area contributed by atoms with Crippen LogP contribution in [-0.2, 0) is 0 Å². The highest BCUT2D eigenvalue weighted by atomic mass is 15.3. The monoisotopic (exact) mass is 256 g/mol. The van der Waals surface area contributed by atoms with E-state index in [0.717, 1.165) is 11.4 Å². The van der Waals surface area contributed by atoms with Crippen LogP contribution in [0, 0.1) is 0 Å². The second kappa shape index (κ2) is 5.53. The largest absolute Gasteiger partial charge is 0.318 e. The number of aromatic nitrogens is 3. The Bertz CT molecular complexity index is 514. The number of hydrogen-bond donors (Lipinski definition) is 1. The third-order valence-electron chi connectivity index (χ3n) is 4.01. The zero-order chi connectivity index (χ0) is 13.1. The maximum absolute atomic E-state index is 6.34. The molecule has 1 aliphatic carbocycles. The van der Waals surface area contributed by atoms with Gasteiger partial charge in [0.25, 0.3) is 0 Å². The number of nitrogens with two attached hydrogens (primary N) is 1. The van der Waals surface area contributed by atoms with Gasteiger partial charge in [-0.05, 0) is 18.4 Å². The van der Waals surface area contributed by atoms with Crippen molar-refractivity contribution in [3.63, 3.8) is 0 Å². The summed E-state index contributed by atoms with van der Waals surface area (Å²) >= 11 is 0. The minimum atomic E-state index is -0.189. The number of nitrogens with zero attached hydrogens (tertiary/aromatic N) is 3. The first-order chi connectivity index (χ1) is 9.36. The highest BCUT2D eigenvalue weighted by Gasteiger charge is 2.22. The first kappa shape index (κ1) is 12.4. The van der Waals surface area contributed by atoms with Gasteiger partial charge in [0.1, 0.15) is 6.33 Å². The molecular weight excluding hydrogens is 236 g/mol. The summed E-state index contributed by atoms with van der Waals surface area (Å²) in [7, 11) is 0. The summed E-state index contributed by atoms with van der Waals surface area (Å²) in [6.07, 6.45) is 8.21. The van der Waals surface area contributed by atoms with Crippen molar-refractivity contribution in [2.24, 2.45) is 5.73 Å². The third-order valence-corrected chi connectivity index (χ3v) is 4.01. The molecule has 1 heterocycles. The Balaban J connectivity index is 1.87. The van der Waals surface area contributed by atoms with Crippen LogP contribution in [-0.4, -0.2) is 14.8 Å². The van der Waals surface area contributed by atoms with E-state index >= 15 is 0 Å². The topological polar surface area (TPSA) is 56.7 Å². The lowest BCUT2D eigenvalue weighted by Crippen LogP contribution is -2.21. The molecule has 0 aliphatic heterocycles. The second-order valence-electron chi connectivity index (χ2n) is 5.28. The lowest BCUT2D eigenvalue weighted by atomic mass is 9.95. The van der Waals surface area contributed by atoms with E-state index in [-0.39, 0.29) is 6.04 Å². The van der Waals surface area contributed by atoms with Gasteiger partial charge >= 0.3 is 0 Å². The normalized spacial score (nSPS) is 18.4. The van der Waals surface area contributed by atoms with Gasteiger partial charge in [-0.1, -0.05) is 49.6 Å². The van der Waals surface area contributed by atoms with Crippen molar-refractivity contribution in [3.05, 3.63) is 48.0 Å². The van der Waals surface area contributed by atoms with Gasteiger partial charge in [-0.2, -0.15) is 0 Å². The Labute approximate surface area is 113 Å². The molecule has 1 aliphatic rings. The maximum atomic E-state index is 6.34. The Kier molecular flexibility index (Phi) is 3.60. The van der Waals surface area contributed by atoms with Crippen LogP contribution in [0.25, 0.3) is 0 Å². The fraction of sp³-hybridized carbons (Fsp3) is 0.467. The van der Waals surface area contributed by atoms with Crippen LogP contribution in [0.4, 0.5) is 0 Å². The molecule has 0 spiro atoms. The van der Waals surface area contributed by atoms with Crippen molar-refractivity contribution < 1.29 is 0 Å². The van der Waals surface area contributed by atoms with Gasteiger partial charge in [0.05, 0.1) is 6.04 Å². The quantitative estimate of drug-likeness (QED) is 0.918. The Morgan fingerprint density at radius 3 is 2.58 bits per heavy atom. The van der Waals surface area contributed by atoms with E-state index in [2.05, 4.69) is 14.8 Å². The average molecular weight is 256 g/mol. The van der Waals surface area contributed by atoms with Gasteiger partial charge in [-0.3, -0.25) is 0 Å². The first-order valence-corrected chi connectivity index (χ1v) is 7.06. The van der Waals surface area contributed by atoms with Gasteiger partial charge in [0.2, 0.25) is 0 Å². The molecular formula is C15H20N4. The van der Waals surface area contributed by atoms with Crippen molar-refractivity contribution in [1.29, 1.82) is 0 Å². The van der Waals surface area contributed by atoms with Crippen molar-refractivity contribution in [3.8, 4) is 0 Å². The molecule has 100 valence electrons. The fourth-order valence-electron chi connectivity index (χ4n) is 2.92. The molecule has 1 atom stereocenters. The highest BCUT2D eigenvalue weighted by Crippen LogP contribution is 2.30. The predicted octanol–water partition coefficient (Wildman–Crippen LogP) is 2.83. The van der Waals surface area contributed by atoms with E-state index in [4.69, 9.17) is 5.73 Å². The van der Waals surface area contributed by atoms with Gasteiger partial charge in [0, 0.05) is 6.04 Å². The third kappa shape index (κ3) is 2.54. The van der Waals surface area contributed by atoms with Gasteiger partial charge in [-0.25, -0.2) is 0 Å². The van der Waals surface area contributed by atoms with E-state index in [9.17, 15) is 0 Å². The summed E-state index contributed by atoms with van der Waals surface area (Å²) in [5, 5.41) is 8.33. The van der Waals surface area contributed by atoms with Crippen LogP contribution >= 0.6 is 0 Å². The van der Waals surface area contributed by atoms with Crippen molar-refractivity contribution in [2.45, 2.75) is 44.2 Å². The lowest BCUT2D eigenvalue weighted by Gasteiger charge is -2.25. The maximum Gasteiger partial charge on any atom is 0.154 e. The molecule has 2 N–H and O–H groups in total. The smallest absolute Gasteiger partial charge is 0.154 e. The number of rotatable bonds is 3. The Hall–Kier alpha value is -1.68. The minimum absolute atomic E-state index is 0.189. The molecule has 0 radical (unpaired) electrons. The Morgan fingerprint density at radius 2 is 1.84 bits per heavy atom. The molecule has 0 saturated heterocycles. The molecule has 1 saturated carbocycles. The molecule has 2 aromatic rings. The van der Waals surface area contributed by atoms with E-state index in [0.29, 0.717) is 6.04 Å². The molecule has 0 amide bonds. The van der Waals surface area contributed by atoms with Crippen LogP contribution in [0.1, 0.15) is 55.6 Å². The zero-order valence-corrected chi connectivity index (χ0v) is 11.1. The SMILES string of the molecule is N[C@H](c1ccccc1)c1nncn1C1CCCCC1. The van der Waals surface area contributed by atoms with E-state index in [1.807, 2.05) is 36.7 Å². The Morgan fingerprint density at radius 1 is 1.11 bits per heavy atom. The molecule has 4 heteroatoms. The molecule has 3 rings (SSSR count). The standard InChI is InChI=1S/C15H20N4/c16-14(12-7-3-1-4-8-12)15-18-17-11-19(15)13-9-5-2-6-10-13/h1,3-4,7-8,11,13-14H,2,5-6,9-10,16H2/t14-/m1/s1. The predicted molar refractivity (Wildman–Crippen MR) is 74.6 cm³/mol. The number of hydrogen-bond acceptors (Lipinski definition) is 3.